The van der Waals surface area contributed by atoms with Crippen LogP contribution in [0.15, 0.2) is 16.7 Å². The van der Waals surface area contributed by atoms with Gasteiger partial charge in [-0.1, -0.05) is 11.6 Å². The van der Waals surface area contributed by atoms with Gasteiger partial charge in [0, 0.05) is 6.20 Å². The van der Waals surface area contributed by atoms with Gasteiger partial charge in [-0.2, -0.15) is 0 Å². The van der Waals surface area contributed by atoms with Crippen LogP contribution in [-0.2, 0) is 0 Å². The van der Waals surface area contributed by atoms with E-state index in [-0.39, 0.29) is 10.8 Å². The first-order chi connectivity index (χ1) is 5.11. The molecule has 0 aliphatic rings. The van der Waals surface area contributed by atoms with E-state index in [1.54, 1.807) is 0 Å². The van der Waals surface area contributed by atoms with Crippen molar-refractivity contribution in [1.82, 2.24) is 4.98 Å². The van der Waals surface area contributed by atoms with E-state index in [9.17, 15) is 10.1 Å². The molecule has 0 spiro atoms. The second kappa shape index (κ2) is 3.15. The number of hydrogen-bond acceptors (Lipinski definition) is 3. The normalized spacial score (nSPS) is 9.64. The van der Waals surface area contributed by atoms with E-state index in [1.807, 2.05) is 0 Å². The monoisotopic (exact) mass is 236 g/mol. The summed E-state index contributed by atoms with van der Waals surface area (Å²) in [5, 5.41) is 10.4. The van der Waals surface area contributed by atoms with Crippen molar-refractivity contribution in [2.24, 2.45) is 0 Å². The van der Waals surface area contributed by atoms with E-state index in [4.69, 9.17) is 11.6 Å². The largest absolute Gasteiger partial charge is 0.288 e. The molecule has 0 saturated carbocycles. The summed E-state index contributed by atoms with van der Waals surface area (Å²) in [6.45, 7) is 0. The number of pyridine rings is 1. The van der Waals surface area contributed by atoms with E-state index < -0.39 is 4.92 Å². The Kier molecular flexibility index (Phi) is 2.41. The fraction of sp³-hybridized carbons (Fsp3) is 0. The van der Waals surface area contributed by atoms with Crippen LogP contribution in [-0.4, -0.2) is 9.91 Å². The minimum Gasteiger partial charge on any atom is -0.258 e. The number of halogens is 2. The van der Waals surface area contributed by atoms with Crippen LogP contribution < -0.4 is 0 Å². The molecular formula is C5H2BrClN2O2. The van der Waals surface area contributed by atoms with E-state index >= 15 is 0 Å². The second-order valence-corrected chi connectivity index (χ2v) is 2.96. The molecule has 6 heteroatoms. The number of hydrogen-bond donors (Lipinski definition) is 0. The summed E-state index contributed by atoms with van der Waals surface area (Å²) >= 11 is 8.39. The second-order valence-electron chi connectivity index (χ2n) is 1.72. The summed E-state index contributed by atoms with van der Waals surface area (Å²) in [4.78, 5) is 13.4. The Bertz CT molecular complexity index is 305. The zero-order valence-electron chi connectivity index (χ0n) is 5.12. The first kappa shape index (κ1) is 8.42. The minimum atomic E-state index is -0.530. The molecule has 0 aliphatic heterocycles. The molecule has 1 aromatic rings. The molecule has 0 atom stereocenters. The van der Waals surface area contributed by atoms with E-state index in [0.717, 1.165) is 0 Å². The zero-order valence-corrected chi connectivity index (χ0v) is 7.46. The van der Waals surface area contributed by atoms with Gasteiger partial charge < -0.3 is 0 Å². The number of nitrogens with zero attached hydrogens (tertiary/aromatic N) is 2. The van der Waals surface area contributed by atoms with Crippen LogP contribution in [0.2, 0.25) is 5.15 Å². The molecule has 1 rings (SSSR count). The standard InChI is InChI=1S/C5H2BrClN2O2/c6-3-2-8-5(7)1-4(3)9(10)11/h1-2H. The van der Waals surface area contributed by atoms with Crippen LogP contribution in [0.25, 0.3) is 0 Å². The molecule has 0 N–H and O–H groups in total. The molecule has 1 heterocycles. The first-order valence-corrected chi connectivity index (χ1v) is 3.74. The molecule has 0 bridgehead atoms. The highest BCUT2D eigenvalue weighted by Crippen LogP contribution is 2.25. The van der Waals surface area contributed by atoms with Crippen molar-refractivity contribution in [2.45, 2.75) is 0 Å². The maximum atomic E-state index is 10.3. The fourth-order valence-corrected chi connectivity index (χ4v) is 1.06. The van der Waals surface area contributed by atoms with E-state index in [1.165, 1.54) is 12.3 Å². The summed E-state index contributed by atoms with van der Waals surface area (Å²) < 4.78 is 0.326. The molecule has 0 unspecified atom stereocenters. The molecule has 1 aromatic heterocycles. The van der Waals surface area contributed by atoms with E-state index in [0.29, 0.717) is 4.47 Å². The van der Waals surface area contributed by atoms with Crippen molar-refractivity contribution >= 4 is 33.2 Å². The lowest BCUT2D eigenvalue weighted by Crippen LogP contribution is -1.89. The lowest BCUT2D eigenvalue weighted by Gasteiger charge is -1.93. The van der Waals surface area contributed by atoms with Crippen molar-refractivity contribution in [1.29, 1.82) is 0 Å². The lowest BCUT2D eigenvalue weighted by molar-refractivity contribution is -0.385. The molecule has 0 fully saturated rings. The Morgan fingerprint density at radius 1 is 1.73 bits per heavy atom. The number of rotatable bonds is 1. The number of nitro groups is 1. The summed E-state index contributed by atoms with van der Waals surface area (Å²) in [5.74, 6) is 0. The molecule has 0 saturated heterocycles. The Labute approximate surface area is 75.5 Å². The fourth-order valence-electron chi connectivity index (χ4n) is 0.543. The minimum absolute atomic E-state index is 0.0787. The summed E-state index contributed by atoms with van der Waals surface area (Å²) in [6, 6.07) is 1.19. The van der Waals surface area contributed by atoms with Gasteiger partial charge in [0.05, 0.1) is 11.0 Å². The quantitative estimate of drug-likeness (QED) is 0.428. The molecule has 4 nitrogen and oxygen atoms in total. The van der Waals surface area contributed by atoms with Crippen molar-refractivity contribution in [3.05, 3.63) is 32.0 Å². The average Bonchev–Trinajstić information content (AvgIpc) is 1.94. The molecule has 11 heavy (non-hydrogen) atoms. The Balaban J connectivity index is 3.23. The summed E-state index contributed by atoms with van der Waals surface area (Å²) in [7, 11) is 0. The zero-order chi connectivity index (χ0) is 8.43. The highest BCUT2D eigenvalue weighted by atomic mass is 79.9. The van der Waals surface area contributed by atoms with Gasteiger partial charge in [-0.15, -0.1) is 0 Å². The van der Waals surface area contributed by atoms with Gasteiger partial charge in [0.1, 0.15) is 9.63 Å². The maximum absolute atomic E-state index is 10.3. The molecular weight excluding hydrogens is 235 g/mol. The first-order valence-electron chi connectivity index (χ1n) is 2.56. The molecule has 0 amide bonds. The summed E-state index contributed by atoms with van der Waals surface area (Å²) in [5.41, 5.74) is -0.0787. The molecule has 58 valence electrons. The average molecular weight is 237 g/mol. The van der Waals surface area contributed by atoms with Gasteiger partial charge in [-0.05, 0) is 15.9 Å². The van der Waals surface area contributed by atoms with Crippen LogP contribution in [0.5, 0.6) is 0 Å². The molecule has 0 radical (unpaired) electrons. The van der Waals surface area contributed by atoms with Crippen molar-refractivity contribution in [3.8, 4) is 0 Å². The summed E-state index contributed by atoms with van der Waals surface area (Å²) in [6.07, 6.45) is 1.29. The lowest BCUT2D eigenvalue weighted by atomic mass is 10.4. The van der Waals surface area contributed by atoms with Crippen LogP contribution in [0, 0.1) is 10.1 Å². The smallest absolute Gasteiger partial charge is 0.258 e. The third-order valence-electron chi connectivity index (χ3n) is 0.998. The predicted octanol–water partition coefficient (Wildman–Crippen LogP) is 2.41. The Morgan fingerprint density at radius 2 is 2.36 bits per heavy atom. The van der Waals surface area contributed by atoms with Gasteiger partial charge in [0.2, 0.25) is 0 Å². The molecule has 0 aromatic carbocycles. The third kappa shape index (κ3) is 1.87. The van der Waals surface area contributed by atoms with Crippen molar-refractivity contribution in [3.63, 3.8) is 0 Å². The third-order valence-corrected chi connectivity index (χ3v) is 1.82. The van der Waals surface area contributed by atoms with Crippen LogP contribution in [0.1, 0.15) is 0 Å². The van der Waals surface area contributed by atoms with E-state index in [2.05, 4.69) is 20.9 Å². The Hall–Kier alpha value is -0.680. The van der Waals surface area contributed by atoms with Crippen LogP contribution >= 0.6 is 27.5 Å². The van der Waals surface area contributed by atoms with Crippen LogP contribution in [0.3, 0.4) is 0 Å². The van der Waals surface area contributed by atoms with Gasteiger partial charge in [-0.3, -0.25) is 10.1 Å². The van der Waals surface area contributed by atoms with Crippen molar-refractivity contribution < 1.29 is 4.92 Å². The Morgan fingerprint density at radius 3 is 2.82 bits per heavy atom. The SMILES string of the molecule is O=[N+]([O-])c1cc(Cl)ncc1Br. The van der Waals surface area contributed by atoms with Crippen molar-refractivity contribution in [2.75, 3.05) is 0 Å². The maximum Gasteiger partial charge on any atom is 0.288 e. The van der Waals surface area contributed by atoms with Gasteiger partial charge >= 0.3 is 0 Å². The topological polar surface area (TPSA) is 56.0 Å². The van der Waals surface area contributed by atoms with Gasteiger partial charge in [0.15, 0.2) is 0 Å². The van der Waals surface area contributed by atoms with Gasteiger partial charge in [0.25, 0.3) is 5.69 Å². The van der Waals surface area contributed by atoms with Gasteiger partial charge in [-0.25, -0.2) is 4.98 Å². The highest BCUT2D eigenvalue weighted by molar-refractivity contribution is 9.10. The molecule has 0 aliphatic carbocycles. The predicted molar refractivity (Wildman–Crippen MR) is 43.6 cm³/mol. The number of aromatic nitrogens is 1. The van der Waals surface area contributed by atoms with Crippen LogP contribution in [0.4, 0.5) is 5.69 Å². The highest BCUT2D eigenvalue weighted by Gasteiger charge is 2.11.